The average Bonchev–Trinajstić information content (AvgIpc) is 2.05. The van der Waals surface area contributed by atoms with Gasteiger partial charge in [0.25, 0.3) is 0 Å². The highest BCUT2D eigenvalue weighted by molar-refractivity contribution is 14.1. The van der Waals surface area contributed by atoms with E-state index in [-0.39, 0.29) is 5.60 Å². The molecule has 0 amide bonds. The van der Waals surface area contributed by atoms with E-state index in [2.05, 4.69) is 3.07 Å². The topological polar surface area (TPSA) is 35.5 Å². The average molecular weight is 284 g/mol. The normalized spacial score (nSPS) is 21.5. The van der Waals surface area contributed by atoms with E-state index < -0.39 is 6.16 Å². The summed E-state index contributed by atoms with van der Waals surface area (Å²) in [6.07, 6.45) is 4.88. The summed E-state index contributed by atoms with van der Waals surface area (Å²) in [4.78, 5) is 10.8. The summed E-state index contributed by atoms with van der Waals surface area (Å²) in [5.74, 6) is 0. The lowest BCUT2D eigenvalue weighted by Gasteiger charge is -2.31. The molecule has 0 atom stereocenters. The van der Waals surface area contributed by atoms with Crippen molar-refractivity contribution >= 4 is 29.2 Å². The highest BCUT2D eigenvalue weighted by Crippen LogP contribution is 2.31. The summed E-state index contributed by atoms with van der Waals surface area (Å²) >= 11 is 1.54. The fraction of sp³-hybridized carbons (Fsp3) is 0.875. The lowest BCUT2D eigenvalue weighted by atomic mass is 9.86. The quantitative estimate of drug-likeness (QED) is 0.548. The van der Waals surface area contributed by atoms with E-state index in [9.17, 15) is 4.79 Å². The summed E-state index contributed by atoms with van der Waals surface area (Å²) in [5, 5.41) is 0. The van der Waals surface area contributed by atoms with Gasteiger partial charge < -0.3 is 7.80 Å². The van der Waals surface area contributed by atoms with Gasteiger partial charge in [0.05, 0.1) is 0 Å². The molecule has 0 spiro atoms. The third-order valence-electron chi connectivity index (χ3n) is 2.30. The zero-order chi connectivity index (χ0) is 9.03. The van der Waals surface area contributed by atoms with Crippen molar-refractivity contribution in [2.75, 3.05) is 0 Å². The van der Waals surface area contributed by atoms with Gasteiger partial charge in [0.2, 0.25) is 0 Å². The predicted molar refractivity (Wildman–Crippen MR) is 53.1 cm³/mol. The second kappa shape index (κ2) is 4.30. The molecular formula is C8H13IO3. The second-order valence-corrected chi connectivity index (χ2v) is 3.88. The lowest BCUT2D eigenvalue weighted by Crippen LogP contribution is -2.33. The van der Waals surface area contributed by atoms with Crippen molar-refractivity contribution in [2.24, 2.45) is 0 Å². The maximum atomic E-state index is 10.8. The molecule has 1 aliphatic rings. The molecule has 0 unspecified atom stereocenters. The van der Waals surface area contributed by atoms with Crippen LogP contribution in [-0.4, -0.2) is 11.8 Å². The van der Waals surface area contributed by atoms with E-state index in [4.69, 9.17) is 4.74 Å². The molecule has 4 heteroatoms. The Balaban J connectivity index is 2.41. The molecule has 1 aliphatic carbocycles. The van der Waals surface area contributed by atoms with Crippen molar-refractivity contribution in [2.45, 2.75) is 44.6 Å². The molecule has 0 aliphatic heterocycles. The molecule has 1 saturated carbocycles. The Hall–Kier alpha value is 0. The fourth-order valence-corrected chi connectivity index (χ4v) is 1.71. The molecule has 70 valence electrons. The summed E-state index contributed by atoms with van der Waals surface area (Å²) in [6, 6.07) is 0. The monoisotopic (exact) mass is 284 g/mol. The number of rotatable bonds is 1. The highest BCUT2D eigenvalue weighted by Gasteiger charge is 2.31. The molecule has 0 bridgehead atoms. The largest absolute Gasteiger partial charge is 0.518 e. The van der Waals surface area contributed by atoms with Crippen LogP contribution >= 0.6 is 23.0 Å². The van der Waals surface area contributed by atoms with Crippen molar-refractivity contribution in [3.63, 3.8) is 0 Å². The Kier molecular flexibility index (Phi) is 3.61. The van der Waals surface area contributed by atoms with Crippen LogP contribution in [0.3, 0.4) is 0 Å². The molecule has 1 rings (SSSR count). The van der Waals surface area contributed by atoms with E-state index in [1.807, 2.05) is 6.92 Å². The van der Waals surface area contributed by atoms with Crippen molar-refractivity contribution in [1.82, 2.24) is 0 Å². The van der Waals surface area contributed by atoms with E-state index in [0.29, 0.717) is 0 Å². The van der Waals surface area contributed by atoms with Gasteiger partial charge in [-0.3, -0.25) is 0 Å². The van der Waals surface area contributed by atoms with Crippen LogP contribution in [0.1, 0.15) is 39.0 Å². The Bertz CT molecular complexity index is 164. The molecule has 0 heterocycles. The first-order valence-corrected chi connectivity index (χ1v) is 5.06. The van der Waals surface area contributed by atoms with E-state index >= 15 is 0 Å². The first-order valence-electron chi connectivity index (χ1n) is 4.18. The third kappa shape index (κ3) is 2.80. The smallest absolute Gasteiger partial charge is 0.427 e. The Morgan fingerprint density at radius 3 is 2.42 bits per heavy atom. The zero-order valence-corrected chi connectivity index (χ0v) is 9.30. The molecule has 0 saturated heterocycles. The van der Waals surface area contributed by atoms with Crippen molar-refractivity contribution < 1.29 is 12.6 Å². The van der Waals surface area contributed by atoms with Crippen molar-refractivity contribution in [3.8, 4) is 0 Å². The molecular weight excluding hydrogens is 271 g/mol. The summed E-state index contributed by atoms with van der Waals surface area (Å²) in [6.45, 7) is 1.97. The van der Waals surface area contributed by atoms with Crippen LogP contribution in [0.15, 0.2) is 0 Å². The van der Waals surface area contributed by atoms with Gasteiger partial charge in [0.1, 0.15) is 5.60 Å². The van der Waals surface area contributed by atoms with Gasteiger partial charge >= 0.3 is 6.16 Å². The van der Waals surface area contributed by atoms with Crippen molar-refractivity contribution in [3.05, 3.63) is 0 Å². The van der Waals surface area contributed by atoms with Gasteiger partial charge in [-0.2, -0.15) is 0 Å². The first kappa shape index (κ1) is 10.1. The summed E-state index contributed by atoms with van der Waals surface area (Å²) < 4.78 is 9.59. The Morgan fingerprint density at radius 1 is 1.33 bits per heavy atom. The van der Waals surface area contributed by atoms with Gasteiger partial charge in [-0.1, -0.05) is 6.42 Å². The number of carbonyl (C=O) groups is 1. The van der Waals surface area contributed by atoms with Gasteiger partial charge in [-0.25, -0.2) is 4.79 Å². The summed E-state index contributed by atoms with van der Waals surface area (Å²) in [5.41, 5.74) is -0.277. The molecule has 0 aromatic rings. The van der Waals surface area contributed by atoms with E-state index in [0.717, 1.165) is 25.7 Å². The number of ether oxygens (including phenoxy) is 1. The number of hydrogen-bond acceptors (Lipinski definition) is 3. The molecule has 0 N–H and O–H groups in total. The number of halogens is 1. The van der Waals surface area contributed by atoms with E-state index in [1.54, 1.807) is 23.0 Å². The minimum Gasteiger partial charge on any atom is -0.427 e. The molecule has 1 fully saturated rings. The molecule has 0 aromatic heterocycles. The highest BCUT2D eigenvalue weighted by atomic mass is 127. The fourth-order valence-electron chi connectivity index (χ4n) is 1.62. The van der Waals surface area contributed by atoms with Crippen LogP contribution in [0.4, 0.5) is 4.79 Å². The first-order chi connectivity index (χ1) is 5.66. The second-order valence-electron chi connectivity index (χ2n) is 3.44. The van der Waals surface area contributed by atoms with Gasteiger partial charge in [-0.15, -0.1) is 0 Å². The number of carbonyl (C=O) groups excluding carboxylic acids is 1. The third-order valence-corrected chi connectivity index (χ3v) is 2.66. The van der Waals surface area contributed by atoms with Crippen LogP contribution in [0.2, 0.25) is 0 Å². The molecule has 12 heavy (non-hydrogen) atoms. The van der Waals surface area contributed by atoms with Gasteiger partial charge in [0.15, 0.2) is 23.0 Å². The van der Waals surface area contributed by atoms with Gasteiger partial charge in [-0.05, 0) is 32.6 Å². The molecule has 0 aromatic carbocycles. The Morgan fingerprint density at radius 2 is 1.92 bits per heavy atom. The molecule has 0 radical (unpaired) electrons. The predicted octanol–water partition coefficient (Wildman–Crippen LogP) is 3.21. The van der Waals surface area contributed by atoms with Crippen molar-refractivity contribution in [1.29, 1.82) is 0 Å². The van der Waals surface area contributed by atoms with E-state index in [1.165, 1.54) is 6.42 Å². The van der Waals surface area contributed by atoms with Crippen LogP contribution in [0, 0.1) is 0 Å². The van der Waals surface area contributed by atoms with Crippen LogP contribution in [0.5, 0.6) is 0 Å². The minimum absolute atomic E-state index is 0.277. The van der Waals surface area contributed by atoms with Crippen LogP contribution in [0.25, 0.3) is 0 Å². The minimum atomic E-state index is -0.569. The Labute approximate surface area is 86.5 Å². The van der Waals surface area contributed by atoms with Crippen LogP contribution < -0.4 is 0 Å². The van der Waals surface area contributed by atoms with Gasteiger partial charge in [0, 0.05) is 0 Å². The molecule has 3 nitrogen and oxygen atoms in total. The zero-order valence-electron chi connectivity index (χ0n) is 7.14. The SMILES string of the molecule is CC1(OC(=O)OI)CCCCC1. The standard InChI is InChI=1S/C8H13IO3/c1-8(11-7(10)12-9)5-3-2-4-6-8/h2-6H2,1H3. The number of hydrogen-bond donors (Lipinski definition) is 0. The maximum Gasteiger partial charge on any atom is 0.518 e. The maximum absolute atomic E-state index is 10.8. The lowest BCUT2D eigenvalue weighted by molar-refractivity contribution is -0.0187. The summed E-state index contributed by atoms with van der Waals surface area (Å²) in [7, 11) is 0. The van der Waals surface area contributed by atoms with Crippen LogP contribution in [-0.2, 0) is 7.80 Å².